The maximum Gasteiger partial charge on any atom is 0.251 e. The zero-order valence-electron chi connectivity index (χ0n) is 16.0. The van der Waals surface area contributed by atoms with Crippen LogP contribution in [0.5, 0.6) is 0 Å². The summed E-state index contributed by atoms with van der Waals surface area (Å²) in [5, 5.41) is 11.5. The van der Waals surface area contributed by atoms with E-state index in [4.69, 9.17) is 0 Å². The number of carbonyl (C=O) groups is 1. The average molecular weight is 370 g/mol. The normalized spacial score (nSPS) is 10.9. The van der Waals surface area contributed by atoms with Gasteiger partial charge in [0.05, 0.1) is 12.1 Å². The molecule has 1 aromatic heterocycles. The van der Waals surface area contributed by atoms with E-state index in [1.165, 1.54) is 16.7 Å². The van der Waals surface area contributed by atoms with E-state index in [-0.39, 0.29) is 5.91 Å². The Kier molecular flexibility index (Phi) is 4.89. The number of hydrogen-bond donors (Lipinski definition) is 1. The van der Waals surface area contributed by atoms with E-state index in [1.807, 2.05) is 54.1 Å². The van der Waals surface area contributed by atoms with Crippen molar-refractivity contribution in [2.24, 2.45) is 0 Å². The molecule has 1 N–H and O–H groups in total. The fourth-order valence-corrected chi connectivity index (χ4v) is 3.29. The monoisotopic (exact) mass is 370 g/mol. The van der Waals surface area contributed by atoms with Crippen LogP contribution in [-0.4, -0.2) is 20.9 Å². The fourth-order valence-electron chi connectivity index (χ4n) is 3.29. The molecule has 140 valence electrons. The summed E-state index contributed by atoms with van der Waals surface area (Å²) in [4.78, 5) is 12.5. The third-order valence-electron chi connectivity index (χ3n) is 4.89. The van der Waals surface area contributed by atoms with Crippen molar-refractivity contribution in [2.45, 2.75) is 26.9 Å². The van der Waals surface area contributed by atoms with Gasteiger partial charge in [-0.2, -0.15) is 0 Å². The van der Waals surface area contributed by atoms with Gasteiger partial charge < -0.3 is 5.32 Å². The maximum atomic E-state index is 12.5. The molecule has 4 rings (SSSR count). The standard InChI is InChI=1S/C23H22N4O/c1-16-6-5-8-18(12-16)14-24-23(28)19-10-11-22-21(13-19)25-26-27(22)15-20-9-4-3-7-17(20)2/h3-13H,14-15H2,1-2H3,(H,24,28). The lowest BCUT2D eigenvalue weighted by atomic mass is 10.1. The molecule has 28 heavy (non-hydrogen) atoms. The largest absolute Gasteiger partial charge is 0.348 e. The number of benzene rings is 3. The second kappa shape index (κ2) is 7.64. The molecule has 1 heterocycles. The van der Waals surface area contributed by atoms with E-state index in [0.717, 1.165) is 16.6 Å². The molecular weight excluding hydrogens is 348 g/mol. The van der Waals surface area contributed by atoms with Crippen LogP contribution in [-0.2, 0) is 13.1 Å². The second-order valence-electron chi connectivity index (χ2n) is 7.05. The molecule has 3 aromatic carbocycles. The van der Waals surface area contributed by atoms with E-state index in [2.05, 4.69) is 40.8 Å². The molecule has 0 aliphatic rings. The number of amides is 1. The number of hydrogen-bond acceptors (Lipinski definition) is 3. The lowest BCUT2D eigenvalue weighted by Gasteiger charge is -2.07. The lowest BCUT2D eigenvalue weighted by Crippen LogP contribution is -2.22. The van der Waals surface area contributed by atoms with Crippen molar-refractivity contribution in [3.63, 3.8) is 0 Å². The summed E-state index contributed by atoms with van der Waals surface area (Å²) in [6.07, 6.45) is 0. The van der Waals surface area contributed by atoms with Gasteiger partial charge in [0, 0.05) is 12.1 Å². The molecule has 0 unspecified atom stereocenters. The SMILES string of the molecule is Cc1cccc(CNC(=O)c2ccc3c(c2)nnn3Cc2ccccc2C)c1. The number of nitrogens with zero attached hydrogens (tertiary/aromatic N) is 3. The van der Waals surface area contributed by atoms with E-state index >= 15 is 0 Å². The minimum Gasteiger partial charge on any atom is -0.348 e. The number of rotatable bonds is 5. The summed E-state index contributed by atoms with van der Waals surface area (Å²) in [6, 6.07) is 21.9. The molecule has 5 nitrogen and oxygen atoms in total. The number of aryl methyl sites for hydroxylation is 2. The van der Waals surface area contributed by atoms with Crippen molar-refractivity contribution < 1.29 is 4.79 Å². The van der Waals surface area contributed by atoms with Gasteiger partial charge >= 0.3 is 0 Å². The van der Waals surface area contributed by atoms with Crippen LogP contribution in [0.2, 0.25) is 0 Å². The van der Waals surface area contributed by atoms with Crippen LogP contribution in [0.3, 0.4) is 0 Å². The summed E-state index contributed by atoms with van der Waals surface area (Å²) in [7, 11) is 0. The molecule has 5 heteroatoms. The highest BCUT2D eigenvalue weighted by atomic mass is 16.1. The Balaban J connectivity index is 1.50. The van der Waals surface area contributed by atoms with E-state index in [0.29, 0.717) is 18.7 Å². The second-order valence-corrected chi connectivity index (χ2v) is 7.05. The van der Waals surface area contributed by atoms with Crippen LogP contribution < -0.4 is 5.32 Å². The molecule has 0 aliphatic heterocycles. The Morgan fingerprint density at radius 3 is 2.68 bits per heavy atom. The van der Waals surface area contributed by atoms with Gasteiger partial charge in [-0.15, -0.1) is 5.10 Å². The first-order valence-corrected chi connectivity index (χ1v) is 9.31. The number of nitrogens with one attached hydrogen (secondary N) is 1. The van der Waals surface area contributed by atoms with Crippen molar-refractivity contribution in [3.05, 3.63) is 94.5 Å². The first-order chi connectivity index (χ1) is 13.6. The summed E-state index contributed by atoms with van der Waals surface area (Å²) >= 11 is 0. The number of aromatic nitrogens is 3. The van der Waals surface area contributed by atoms with Crippen LogP contribution in [0.1, 0.15) is 32.6 Å². The third-order valence-corrected chi connectivity index (χ3v) is 4.89. The first-order valence-electron chi connectivity index (χ1n) is 9.31. The molecule has 0 saturated heterocycles. The Labute approximate surface area is 164 Å². The quantitative estimate of drug-likeness (QED) is 0.577. The maximum absolute atomic E-state index is 12.5. The molecule has 0 aliphatic carbocycles. The zero-order chi connectivity index (χ0) is 19.5. The molecule has 0 saturated carbocycles. The van der Waals surface area contributed by atoms with E-state index in [9.17, 15) is 4.79 Å². The topological polar surface area (TPSA) is 59.8 Å². The van der Waals surface area contributed by atoms with Crippen LogP contribution in [0.4, 0.5) is 0 Å². The van der Waals surface area contributed by atoms with Crippen LogP contribution in [0.25, 0.3) is 11.0 Å². The van der Waals surface area contributed by atoms with Gasteiger partial charge in [0.1, 0.15) is 5.52 Å². The molecule has 0 fully saturated rings. The molecule has 0 bridgehead atoms. The summed E-state index contributed by atoms with van der Waals surface area (Å²) in [5.41, 5.74) is 6.91. The Bertz CT molecular complexity index is 1150. The lowest BCUT2D eigenvalue weighted by molar-refractivity contribution is 0.0951. The fraction of sp³-hybridized carbons (Fsp3) is 0.174. The van der Waals surface area contributed by atoms with Crippen molar-refractivity contribution in [3.8, 4) is 0 Å². The Morgan fingerprint density at radius 1 is 1.00 bits per heavy atom. The van der Waals surface area contributed by atoms with E-state index in [1.54, 1.807) is 6.07 Å². The van der Waals surface area contributed by atoms with Gasteiger partial charge in [-0.05, 0) is 48.7 Å². The highest BCUT2D eigenvalue weighted by molar-refractivity contribution is 5.97. The summed E-state index contributed by atoms with van der Waals surface area (Å²) < 4.78 is 1.87. The molecular formula is C23H22N4O. The van der Waals surface area contributed by atoms with Crippen LogP contribution in [0, 0.1) is 13.8 Å². The smallest absolute Gasteiger partial charge is 0.251 e. The molecule has 1 amide bonds. The summed E-state index contributed by atoms with van der Waals surface area (Å²) in [5.74, 6) is -0.114. The van der Waals surface area contributed by atoms with Gasteiger partial charge in [-0.3, -0.25) is 4.79 Å². The summed E-state index contributed by atoms with van der Waals surface area (Å²) in [6.45, 7) is 5.28. The number of carbonyl (C=O) groups excluding carboxylic acids is 1. The Hall–Kier alpha value is -3.47. The van der Waals surface area contributed by atoms with E-state index < -0.39 is 0 Å². The van der Waals surface area contributed by atoms with Crippen molar-refractivity contribution in [1.29, 1.82) is 0 Å². The van der Waals surface area contributed by atoms with Crippen molar-refractivity contribution in [2.75, 3.05) is 0 Å². The van der Waals surface area contributed by atoms with Gasteiger partial charge in [0.2, 0.25) is 0 Å². The van der Waals surface area contributed by atoms with Crippen LogP contribution in [0.15, 0.2) is 66.7 Å². The van der Waals surface area contributed by atoms with Gasteiger partial charge in [0.15, 0.2) is 0 Å². The number of fused-ring (bicyclic) bond motifs is 1. The molecule has 4 aromatic rings. The zero-order valence-corrected chi connectivity index (χ0v) is 16.0. The minimum atomic E-state index is -0.114. The van der Waals surface area contributed by atoms with Crippen molar-refractivity contribution in [1.82, 2.24) is 20.3 Å². The third kappa shape index (κ3) is 3.78. The predicted molar refractivity (Wildman–Crippen MR) is 110 cm³/mol. The van der Waals surface area contributed by atoms with Gasteiger partial charge in [-0.25, -0.2) is 4.68 Å². The highest BCUT2D eigenvalue weighted by Crippen LogP contribution is 2.16. The average Bonchev–Trinajstić information content (AvgIpc) is 3.10. The molecule has 0 radical (unpaired) electrons. The van der Waals surface area contributed by atoms with Gasteiger partial charge in [-0.1, -0.05) is 59.3 Å². The Morgan fingerprint density at radius 2 is 1.86 bits per heavy atom. The first kappa shape index (κ1) is 17.9. The predicted octanol–water partition coefficient (Wildman–Crippen LogP) is 4.03. The van der Waals surface area contributed by atoms with Crippen molar-refractivity contribution >= 4 is 16.9 Å². The minimum absolute atomic E-state index is 0.114. The highest BCUT2D eigenvalue weighted by Gasteiger charge is 2.11. The molecule has 0 atom stereocenters. The molecule has 0 spiro atoms. The van der Waals surface area contributed by atoms with Crippen LogP contribution >= 0.6 is 0 Å². The van der Waals surface area contributed by atoms with Gasteiger partial charge in [0.25, 0.3) is 5.91 Å².